The molecule has 3 rings (SSSR count). The number of fused-ring (bicyclic) bond motifs is 1. The van der Waals surface area contributed by atoms with Crippen molar-refractivity contribution in [3.8, 4) is 0 Å². The largest absolute Gasteiger partial charge is 0.396 e. The molecule has 1 N–H and O–H groups in total. The molecule has 6 heteroatoms. The van der Waals surface area contributed by atoms with Gasteiger partial charge in [0.2, 0.25) is 0 Å². The van der Waals surface area contributed by atoms with E-state index in [1.165, 1.54) is 0 Å². The second-order valence-electron chi connectivity index (χ2n) is 7.70. The van der Waals surface area contributed by atoms with Crippen LogP contribution >= 0.6 is 0 Å². The number of piperazine rings is 1. The molecule has 0 amide bonds. The Balaban J connectivity index is 1.92. The van der Waals surface area contributed by atoms with Crippen LogP contribution < -0.4 is 4.90 Å². The van der Waals surface area contributed by atoms with Gasteiger partial charge in [0, 0.05) is 56.2 Å². The molecule has 0 bridgehead atoms. The highest BCUT2D eigenvalue weighted by Gasteiger charge is 2.28. The number of rotatable bonds is 5. The number of nitrogens with zero attached hydrogens (tertiary/aromatic N) is 5. The van der Waals surface area contributed by atoms with E-state index in [0.29, 0.717) is 12.0 Å². The highest BCUT2D eigenvalue weighted by Crippen LogP contribution is 2.25. The lowest BCUT2D eigenvalue weighted by molar-refractivity contribution is 0.128. The van der Waals surface area contributed by atoms with Crippen LogP contribution in [-0.2, 0) is 0 Å². The van der Waals surface area contributed by atoms with Gasteiger partial charge in [-0.3, -0.25) is 4.90 Å². The third-order valence-corrected chi connectivity index (χ3v) is 5.16. The summed E-state index contributed by atoms with van der Waals surface area (Å²) in [7, 11) is 0. The van der Waals surface area contributed by atoms with Gasteiger partial charge in [0.05, 0.1) is 5.69 Å². The van der Waals surface area contributed by atoms with Gasteiger partial charge in [-0.15, -0.1) is 0 Å². The fourth-order valence-corrected chi connectivity index (χ4v) is 3.79. The predicted octanol–water partition coefficient (Wildman–Crippen LogP) is 2.18. The van der Waals surface area contributed by atoms with Crippen molar-refractivity contribution < 1.29 is 5.11 Å². The average Bonchev–Trinajstić information content (AvgIpc) is 2.83. The zero-order chi connectivity index (χ0) is 18.1. The second-order valence-corrected chi connectivity index (χ2v) is 7.70. The maximum atomic E-state index is 9.51. The van der Waals surface area contributed by atoms with E-state index in [-0.39, 0.29) is 6.61 Å². The van der Waals surface area contributed by atoms with Crippen molar-refractivity contribution >= 4 is 11.5 Å². The normalized spacial score (nSPS) is 19.3. The molecule has 6 nitrogen and oxygen atoms in total. The van der Waals surface area contributed by atoms with Gasteiger partial charge in [0.1, 0.15) is 5.82 Å². The van der Waals surface area contributed by atoms with Crippen molar-refractivity contribution in [2.24, 2.45) is 5.92 Å². The topological polar surface area (TPSA) is 56.9 Å². The zero-order valence-electron chi connectivity index (χ0n) is 16.2. The summed E-state index contributed by atoms with van der Waals surface area (Å²) in [4.78, 5) is 9.62. The van der Waals surface area contributed by atoms with Gasteiger partial charge in [0.25, 0.3) is 0 Å². The third kappa shape index (κ3) is 3.65. The van der Waals surface area contributed by atoms with Crippen LogP contribution in [-0.4, -0.2) is 63.4 Å². The summed E-state index contributed by atoms with van der Waals surface area (Å²) in [5.74, 6) is 1.75. The smallest absolute Gasteiger partial charge is 0.160 e. The molecule has 2 aromatic heterocycles. The number of hydrogen-bond donors (Lipinski definition) is 1. The standard InChI is InChI=1S/C19H31N5O/c1-13(2)11-22-7-8-23(12-17(22)6-9-25)18-10-14(3)20-19-15(4)16(5)21-24(18)19/h10,13,17,25H,6-9,11-12H2,1-5H3/t17-/m0/s1. The summed E-state index contributed by atoms with van der Waals surface area (Å²) in [5.41, 5.74) is 4.16. The minimum absolute atomic E-state index is 0.234. The molecule has 3 heterocycles. The Kier molecular flexibility index (Phi) is 5.29. The molecule has 1 atom stereocenters. The van der Waals surface area contributed by atoms with Crippen molar-refractivity contribution in [1.82, 2.24) is 19.5 Å². The molecule has 0 saturated carbocycles. The molecular formula is C19H31N5O. The van der Waals surface area contributed by atoms with E-state index in [9.17, 15) is 5.11 Å². The van der Waals surface area contributed by atoms with E-state index in [4.69, 9.17) is 5.10 Å². The average molecular weight is 345 g/mol. The van der Waals surface area contributed by atoms with Gasteiger partial charge in [-0.05, 0) is 33.1 Å². The number of aliphatic hydroxyl groups excluding tert-OH is 1. The molecule has 138 valence electrons. The molecule has 1 aliphatic rings. The lowest BCUT2D eigenvalue weighted by Crippen LogP contribution is -2.54. The summed E-state index contributed by atoms with van der Waals surface area (Å²) >= 11 is 0. The fraction of sp³-hybridized carbons (Fsp3) is 0.684. The highest BCUT2D eigenvalue weighted by atomic mass is 16.3. The lowest BCUT2D eigenvalue weighted by Gasteiger charge is -2.43. The van der Waals surface area contributed by atoms with Crippen molar-refractivity contribution in [3.63, 3.8) is 0 Å². The second kappa shape index (κ2) is 7.30. The lowest BCUT2D eigenvalue weighted by atomic mass is 10.1. The minimum Gasteiger partial charge on any atom is -0.396 e. The van der Waals surface area contributed by atoms with Crippen LogP contribution in [0, 0.1) is 26.7 Å². The van der Waals surface area contributed by atoms with Crippen molar-refractivity contribution in [2.45, 2.75) is 47.1 Å². The summed E-state index contributed by atoms with van der Waals surface area (Å²) in [6.07, 6.45) is 0.813. The Morgan fingerprint density at radius 2 is 2.00 bits per heavy atom. The number of aromatic nitrogens is 3. The first-order chi connectivity index (χ1) is 11.9. The predicted molar refractivity (Wildman–Crippen MR) is 101 cm³/mol. The molecule has 25 heavy (non-hydrogen) atoms. The van der Waals surface area contributed by atoms with Crippen LogP contribution in [0.1, 0.15) is 37.2 Å². The van der Waals surface area contributed by atoms with Crippen LogP contribution in [0.4, 0.5) is 5.82 Å². The Labute approximate surface area is 150 Å². The SMILES string of the molecule is Cc1cc(N2CCN(CC(C)C)[C@@H](CCO)C2)n2nc(C)c(C)c2n1. The maximum Gasteiger partial charge on any atom is 0.160 e. The van der Waals surface area contributed by atoms with Gasteiger partial charge in [0.15, 0.2) is 5.65 Å². The van der Waals surface area contributed by atoms with Gasteiger partial charge in [-0.2, -0.15) is 9.61 Å². The first-order valence-electron chi connectivity index (χ1n) is 9.34. The molecule has 0 radical (unpaired) electrons. The first-order valence-corrected chi connectivity index (χ1v) is 9.34. The summed E-state index contributed by atoms with van der Waals surface area (Å²) in [6, 6.07) is 2.51. The van der Waals surface area contributed by atoms with Gasteiger partial charge < -0.3 is 10.0 Å². The zero-order valence-corrected chi connectivity index (χ0v) is 16.2. The van der Waals surface area contributed by atoms with E-state index < -0.39 is 0 Å². The van der Waals surface area contributed by atoms with Crippen LogP contribution in [0.5, 0.6) is 0 Å². The van der Waals surface area contributed by atoms with Crippen LogP contribution in [0.3, 0.4) is 0 Å². The first kappa shape index (κ1) is 18.1. The van der Waals surface area contributed by atoms with E-state index in [2.05, 4.69) is 41.6 Å². The van der Waals surface area contributed by atoms with Gasteiger partial charge >= 0.3 is 0 Å². The van der Waals surface area contributed by atoms with Crippen LogP contribution in [0.2, 0.25) is 0 Å². The van der Waals surface area contributed by atoms with Crippen molar-refractivity contribution in [1.29, 1.82) is 0 Å². The molecule has 0 aromatic carbocycles. The quantitative estimate of drug-likeness (QED) is 0.900. The summed E-state index contributed by atoms with van der Waals surface area (Å²) < 4.78 is 1.99. The van der Waals surface area contributed by atoms with E-state index in [1.807, 2.05) is 18.4 Å². The van der Waals surface area contributed by atoms with Crippen LogP contribution in [0.25, 0.3) is 5.65 Å². The molecule has 0 spiro atoms. The Morgan fingerprint density at radius 3 is 2.68 bits per heavy atom. The van der Waals surface area contributed by atoms with Crippen molar-refractivity contribution in [3.05, 3.63) is 23.0 Å². The van der Waals surface area contributed by atoms with E-state index in [0.717, 1.165) is 61.0 Å². The third-order valence-electron chi connectivity index (χ3n) is 5.16. The molecular weight excluding hydrogens is 314 g/mol. The molecule has 0 unspecified atom stereocenters. The highest BCUT2D eigenvalue weighted by molar-refractivity contribution is 5.57. The number of aryl methyl sites for hydroxylation is 3. The van der Waals surface area contributed by atoms with Gasteiger partial charge in [-0.1, -0.05) is 13.8 Å². The Hall–Kier alpha value is -1.66. The Morgan fingerprint density at radius 1 is 1.24 bits per heavy atom. The molecule has 1 saturated heterocycles. The molecule has 2 aromatic rings. The van der Waals surface area contributed by atoms with Crippen LogP contribution in [0.15, 0.2) is 6.07 Å². The molecule has 0 aliphatic carbocycles. The minimum atomic E-state index is 0.234. The van der Waals surface area contributed by atoms with Crippen molar-refractivity contribution in [2.75, 3.05) is 37.7 Å². The number of hydrogen-bond acceptors (Lipinski definition) is 5. The number of aliphatic hydroxyl groups is 1. The van der Waals surface area contributed by atoms with Gasteiger partial charge in [-0.25, -0.2) is 4.98 Å². The summed E-state index contributed by atoms with van der Waals surface area (Å²) in [6.45, 7) is 14.9. The van der Waals surface area contributed by atoms with E-state index >= 15 is 0 Å². The monoisotopic (exact) mass is 345 g/mol. The molecule has 1 aliphatic heterocycles. The summed E-state index contributed by atoms with van der Waals surface area (Å²) in [5, 5.41) is 14.2. The van der Waals surface area contributed by atoms with E-state index in [1.54, 1.807) is 0 Å². The fourth-order valence-electron chi connectivity index (χ4n) is 3.79. The maximum absolute atomic E-state index is 9.51. The number of anilines is 1. The Bertz CT molecular complexity index is 739. The molecule has 1 fully saturated rings.